The van der Waals surface area contributed by atoms with Crippen LogP contribution in [0.3, 0.4) is 0 Å². The molecular formula is C21H17F2N5O. The molecule has 4 aromatic rings. The van der Waals surface area contributed by atoms with E-state index in [-0.39, 0.29) is 16.8 Å². The van der Waals surface area contributed by atoms with Gasteiger partial charge in [-0.1, -0.05) is 6.07 Å². The van der Waals surface area contributed by atoms with Crippen LogP contribution in [-0.2, 0) is 0 Å². The monoisotopic (exact) mass is 393 g/mol. The summed E-state index contributed by atoms with van der Waals surface area (Å²) in [6.45, 7) is 3.47. The van der Waals surface area contributed by atoms with Gasteiger partial charge in [0, 0.05) is 48.1 Å². The smallest absolute Gasteiger partial charge is 0.173 e. The number of aromatic hydroxyl groups is 1. The third-order valence-electron chi connectivity index (χ3n) is 5.21. The summed E-state index contributed by atoms with van der Waals surface area (Å²) >= 11 is 0. The highest BCUT2D eigenvalue weighted by molar-refractivity contribution is 5.75. The molecule has 4 heterocycles. The molecule has 0 saturated carbocycles. The summed E-state index contributed by atoms with van der Waals surface area (Å²) in [6, 6.07) is 7.82. The minimum absolute atomic E-state index is 0.0866. The van der Waals surface area contributed by atoms with Crippen molar-refractivity contribution in [2.24, 2.45) is 0 Å². The maximum Gasteiger partial charge on any atom is 0.173 e. The molecule has 1 saturated heterocycles. The summed E-state index contributed by atoms with van der Waals surface area (Å²) in [6.07, 6.45) is 3.24. The summed E-state index contributed by atoms with van der Waals surface area (Å²) in [5.41, 5.74) is 2.68. The Bertz CT molecular complexity index is 1230. The van der Waals surface area contributed by atoms with Gasteiger partial charge in [0.15, 0.2) is 23.0 Å². The molecule has 0 atom stereocenters. The molecule has 1 aliphatic heterocycles. The predicted molar refractivity (Wildman–Crippen MR) is 104 cm³/mol. The molecular weight excluding hydrogens is 376 g/mol. The quantitative estimate of drug-likeness (QED) is 0.558. The number of phenolic OH excluding ortho intramolecular Hbond substituents is 1. The summed E-state index contributed by atoms with van der Waals surface area (Å²) in [5.74, 6) is -1.62. The second-order valence-electron chi connectivity index (χ2n) is 7.21. The van der Waals surface area contributed by atoms with Crippen LogP contribution >= 0.6 is 0 Å². The van der Waals surface area contributed by atoms with Crippen LogP contribution < -0.4 is 5.32 Å². The molecule has 0 spiro atoms. The van der Waals surface area contributed by atoms with Crippen molar-refractivity contribution in [2.45, 2.75) is 12.8 Å². The largest absolute Gasteiger partial charge is 0.504 e. The summed E-state index contributed by atoms with van der Waals surface area (Å²) in [7, 11) is 0. The van der Waals surface area contributed by atoms with E-state index >= 15 is 0 Å². The average Bonchev–Trinajstić information content (AvgIpc) is 3.04. The Kier molecular flexibility index (Phi) is 4.02. The topological polar surface area (TPSA) is 75.3 Å². The van der Waals surface area contributed by atoms with Crippen molar-refractivity contribution in [3.8, 4) is 28.1 Å². The standard InChI is InChI=1S/C21H17F2N5O/c1-11-9-28-10-12(6-16(22)21(28)25-11)14-2-3-15(20(29)19(14)23)18-5-4-17(26-27-18)13-7-24-8-13/h2-6,9-10,13,24,29H,7-8H2,1H3. The van der Waals surface area contributed by atoms with E-state index in [4.69, 9.17) is 0 Å². The van der Waals surface area contributed by atoms with Gasteiger partial charge in [0.1, 0.15) is 0 Å². The molecule has 0 unspecified atom stereocenters. The lowest BCUT2D eigenvalue weighted by molar-refractivity contribution is 0.433. The first-order valence-electron chi connectivity index (χ1n) is 9.22. The fourth-order valence-electron chi connectivity index (χ4n) is 3.52. The average molecular weight is 393 g/mol. The van der Waals surface area contributed by atoms with Crippen molar-refractivity contribution >= 4 is 5.65 Å². The van der Waals surface area contributed by atoms with E-state index in [2.05, 4.69) is 20.5 Å². The lowest BCUT2D eigenvalue weighted by Gasteiger charge is -2.25. The van der Waals surface area contributed by atoms with Gasteiger partial charge in [-0.15, -0.1) is 0 Å². The number of hydrogen-bond donors (Lipinski definition) is 2. The predicted octanol–water partition coefficient (Wildman–Crippen LogP) is 3.44. The molecule has 6 nitrogen and oxygen atoms in total. The van der Waals surface area contributed by atoms with Gasteiger partial charge in [0.2, 0.25) is 0 Å². The van der Waals surface area contributed by atoms with Crippen molar-refractivity contribution in [1.29, 1.82) is 0 Å². The molecule has 0 aliphatic carbocycles. The number of aromatic nitrogens is 4. The molecule has 0 amide bonds. The van der Waals surface area contributed by atoms with E-state index < -0.39 is 17.4 Å². The number of benzene rings is 1. The van der Waals surface area contributed by atoms with E-state index in [9.17, 15) is 13.9 Å². The van der Waals surface area contributed by atoms with E-state index in [1.807, 2.05) is 6.07 Å². The minimum atomic E-state index is -0.841. The van der Waals surface area contributed by atoms with Gasteiger partial charge >= 0.3 is 0 Å². The van der Waals surface area contributed by atoms with E-state index in [0.717, 1.165) is 18.8 Å². The number of pyridine rings is 1. The number of aryl methyl sites for hydroxylation is 1. The molecule has 2 N–H and O–H groups in total. The second-order valence-corrected chi connectivity index (χ2v) is 7.21. The summed E-state index contributed by atoms with van der Waals surface area (Å²) in [4.78, 5) is 4.10. The summed E-state index contributed by atoms with van der Waals surface area (Å²) in [5, 5.41) is 22.0. The number of fused-ring (bicyclic) bond motifs is 1. The Labute approximate surface area is 164 Å². The van der Waals surface area contributed by atoms with Crippen LogP contribution in [0.15, 0.2) is 42.7 Å². The molecule has 5 rings (SSSR count). The normalized spacial score (nSPS) is 14.3. The number of nitrogens with one attached hydrogen (secondary N) is 1. The molecule has 1 aliphatic rings. The van der Waals surface area contributed by atoms with Gasteiger partial charge in [-0.25, -0.2) is 13.8 Å². The minimum Gasteiger partial charge on any atom is -0.504 e. The summed E-state index contributed by atoms with van der Waals surface area (Å²) < 4.78 is 30.9. The molecule has 1 aromatic carbocycles. The molecule has 3 aromatic heterocycles. The number of phenols is 1. The van der Waals surface area contributed by atoms with Crippen LogP contribution in [0, 0.1) is 18.6 Å². The maximum absolute atomic E-state index is 15.0. The van der Waals surface area contributed by atoms with E-state index in [1.54, 1.807) is 31.5 Å². The lowest BCUT2D eigenvalue weighted by atomic mass is 9.98. The lowest BCUT2D eigenvalue weighted by Crippen LogP contribution is -2.40. The van der Waals surface area contributed by atoms with Crippen molar-refractivity contribution in [1.82, 2.24) is 24.9 Å². The maximum atomic E-state index is 15.0. The Balaban J connectivity index is 1.54. The Morgan fingerprint density at radius 2 is 1.86 bits per heavy atom. The number of halogens is 2. The van der Waals surface area contributed by atoms with Gasteiger partial charge < -0.3 is 14.8 Å². The zero-order chi connectivity index (χ0) is 20.1. The molecule has 0 radical (unpaired) electrons. The van der Waals surface area contributed by atoms with E-state index in [0.29, 0.717) is 22.9 Å². The van der Waals surface area contributed by atoms with Crippen molar-refractivity contribution in [3.05, 3.63) is 65.7 Å². The van der Waals surface area contributed by atoms with Gasteiger partial charge in [-0.05, 0) is 31.2 Å². The Morgan fingerprint density at radius 3 is 2.55 bits per heavy atom. The Morgan fingerprint density at radius 1 is 1.07 bits per heavy atom. The zero-order valence-electron chi connectivity index (χ0n) is 15.5. The fraction of sp³-hybridized carbons (Fsp3) is 0.190. The van der Waals surface area contributed by atoms with Crippen LogP contribution in [-0.4, -0.2) is 37.8 Å². The molecule has 29 heavy (non-hydrogen) atoms. The van der Waals surface area contributed by atoms with Crippen LogP contribution in [0.2, 0.25) is 0 Å². The highest BCUT2D eigenvalue weighted by Crippen LogP contribution is 2.36. The van der Waals surface area contributed by atoms with Crippen LogP contribution in [0.1, 0.15) is 17.3 Å². The number of hydrogen-bond acceptors (Lipinski definition) is 5. The second kappa shape index (κ2) is 6.59. The van der Waals surface area contributed by atoms with Crippen molar-refractivity contribution in [2.75, 3.05) is 13.1 Å². The first-order chi connectivity index (χ1) is 14.0. The first kappa shape index (κ1) is 17.7. The van der Waals surface area contributed by atoms with E-state index in [1.165, 1.54) is 16.5 Å². The van der Waals surface area contributed by atoms with Gasteiger partial charge in [0.05, 0.1) is 17.1 Å². The first-order valence-corrected chi connectivity index (χ1v) is 9.22. The molecule has 146 valence electrons. The molecule has 8 heteroatoms. The van der Waals surface area contributed by atoms with Crippen LogP contribution in [0.4, 0.5) is 8.78 Å². The SMILES string of the molecule is Cc1cn2cc(-c3ccc(-c4ccc(C5CNC5)nn4)c(O)c3F)cc(F)c2n1. The van der Waals surface area contributed by atoms with Gasteiger partial charge in [-0.2, -0.15) is 10.2 Å². The highest BCUT2D eigenvalue weighted by atomic mass is 19.1. The van der Waals surface area contributed by atoms with Crippen molar-refractivity contribution in [3.63, 3.8) is 0 Å². The molecule has 1 fully saturated rings. The number of imidazole rings is 1. The Hall–Kier alpha value is -3.39. The van der Waals surface area contributed by atoms with Crippen LogP contribution in [0.5, 0.6) is 5.75 Å². The van der Waals surface area contributed by atoms with Gasteiger partial charge in [-0.3, -0.25) is 0 Å². The third kappa shape index (κ3) is 2.92. The molecule has 0 bridgehead atoms. The highest BCUT2D eigenvalue weighted by Gasteiger charge is 2.22. The fourth-order valence-corrected chi connectivity index (χ4v) is 3.52. The third-order valence-corrected chi connectivity index (χ3v) is 5.21. The van der Waals surface area contributed by atoms with Crippen LogP contribution in [0.25, 0.3) is 28.0 Å². The van der Waals surface area contributed by atoms with Gasteiger partial charge in [0.25, 0.3) is 0 Å². The number of rotatable bonds is 3. The van der Waals surface area contributed by atoms with Crippen molar-refractivity contribution < 1.29 is 13.9 Å². The number of nitrogens with zero attached hydrogens (tertiary/aromatic N) is 4. The zero-order valence-corrected chi connectivity index (χ0v) is 15.5.